The van der Waals surface area contributed by atoms with Crippen LogP contribution in [0.5, 0.6) is 0 Å². The molecule has 4 aliphatic rings. The van der Waals surface area contributed by atoms with Gasteiger partial charge in [0.15, 0.2) is 0 Å². The molecule has 8 heteroatoms. The van der Waals surface area contributed by atoms with E-state index in [0.29, 0.717) is 43.4 Å². The Kier molecular flexibility index (Phi) is 5.64. The maximum absolute atomic E-state index is 14.0. The van der Waals surface area contributed by atoms with Crippen LogP contribution in [0, 0.1) is 34.3 Å². The third kappa shape index (κ3) is 3.97. The first-order valence-electron chi connectivity index (χ1n) is 12.9. The molecule has 194 valence electrons. The molecule has 6 nitrogen and oxygen atoms in total. The molecule has 1 spiro atoms. The fraction of sp³-hybridized carbons (Fsp3) is 0.367. The first-order valence-corrected chi connectivity index (χ1v) is 12.9. The first kappa shape index (κ1) is 24.4. The number of carbonyl (C=O) groups excluding carboxylic acids is 2. The normalized spacial score (nSPS) is 25.1. The molecule has 4 heterocycles. The number of nitrogens with zero attached hydrogens (tertiary/aromatic N) is 2. The molecule has 2 amide bonds. The zero-order chi connectivity index (χ0) is 26.7. The number of hydrogen-bond acceptors (Lipinski definition) is 4. The molecule has 0 radical (unpaired) electrons. The quantitative estimate of drug-likeness (QED) is 0.600. The number of pyridine rings is 1. The van der Waals surface area contributed by atoms with Crippen molar-refractivity contribution >= 4 is 11.8 Å². The van der Waals surface area contributed by atoms with Crippen LogP contribution in [0.3, 0.4) is 0 Å². The Morgan fingerprint density at radius 1 is 1.13 bits per heavy atom. The van der Waals surface area contributed by atoms with E-state index in [4.69, 9.17) is 0 Å². The standard InChI is InChI=1S/C30H28F2N4O2/c1-29(2)8-7-25(19-12-21(31)14-22(32)13-19)36(28(29)38)10-4-5-18-11-20-15-30(16-24(20)34-17-18)23-6-3-9-33-26(23)35-27(30)37/h3,6,11-14,17,25,33H,7-10,15-16H2,1-2H3,(H,35,37)/t25-,30-/m0/s1. The number of fused-ring (bicyclic) bond motifs is 2. The summed E-state index contributed by atoms with van der Waals surface area (Å²) in [5, 5.41) is 6.22. The number of hydrogen-bond donors (Lipinski definition) is 2. The lowest BCUT2D eigenvalue weighted by Gasteiger charge is -2.42. The highest BCUT2D eigenvalue weighted by Gasteiger charge is 2.52. The van der Waals surface area contributed by atoms with Gasteiger partial charge in [0, 0.05) is 47.5 Å². The first-order chi connectivity index (χ1) is 18.2. The molecule has 2 atom stereocenters. The van der Waals surface area contributed by atoms with Gasteiger partial charge in [0.1, 0.15) is 17.5 Å². The highest BCUT2D eigenvalue weighted by molar-refractivity contribution is 5.93. The van der Waals surface area contributed by atoms with Crippen LogP contribution in [0.15, 0.2) is 54.0 Å². The number of piperidine rings is 1. The van der Waals surface area contributed by atoms with Gasteiger partial charge in [-0.05, 0) is 48.6 Å². The summed E-state index contributed by atoms with van der Waals surface area (Å²) in [6.07, 6.45) is 8.03. The maximum atomic E-state index is 14.0. The van der Waals surface area contributed by atoms with E-state index in [0.717, 1.165) is 28.7 Å². The number of aromatic nitrogens is 1. The highest BCUT2D eigenvalue weighted by atomic mass is 19.1. The Hall–Kier alpha value is -3.99. The van der Waals surface area contributed by atoms with Gasteiger partial charge in [-0.25, -0.2) is 8.78 Å². The number of amides is 2. The average molecular weight is 515 g/mol. The molecule has 0 saturated carbocycles. The minimum atomic E-state index is -0.663. The number of allylic oxidation sites excluding steroid dienone is 1. The summed E-state index contributed by atoms with van der Waals surface area (Å²) in [4.78, 5) is 32.5. The number of nitrogens with one attached hydrogen (secondary N) is 2. The van der Waals surface area contributed by atoms with E-state index >= 15 is 0 Å². The van der Waals surface area contributed by atoms with Crippen LogP contribution in [0.2, 0.25) is 0 Å². The Labute approximate surface area is 220 Å². The van der Waals surface area contributed by atoms with E-state index in [1.807, 2.05) is 32.1 Å². The van der Waals surface area contributed by atoms with Gasteiger partial charge in [-0.2, -0.15) is 0 Å². The molecule has 1 aromatic carbocycles. The predicted molar refractivity (Wildman–Crippen MR) is 137 cm³/mol. The lowest BCUT2D eigenvalue weighted by molar-refractivity contribution is -0.147. The summed E-state index contributed by atoms with van der Waals surface area (Å²) >= 11 is 0. The smallest absolute Gasteiger partial charge is 0.237 e. The lowest BCUT2D eigenvalue weighted by atomic mass is 9.78. The van der Waals surface area contributed by atoms with Crippen LogP contribution < -0.4 is 10.6 Å². The van der Waals surface area contributed by atoms with Crippen LogP contribution in [0.1, 0.15) is 55.1 Å². The fourth-order valence-electron chi connectivity index (χ4n) is 6.14. The monoisotopic (exact) mass is 514 g/mol. The molecule has 2 N–H and O–H groups in total. The van der Waals surface area contributed by atoms with Crippen molar-refractivity contribution < 1.29 is 18.4 Å². The maximum Gasteiger partial charge on any atom is 0.237 e. The number of benzene rings is 1. The van der Waals surface area contributed by atoms with Crippen LogP contribution in [-0.2, 0) is 22.4 Å². The molecule has 6 rings (SSSR count). The Morgan fingerprint density at radius 2 is 1.92 bits per heavy atom. The number of carbonyl (C=O) groups is 2. The topological polar surface area (TPSA) is 74.3 Å². The largest absolute Gasteiger partial charge is 0.368 e. The van der Waals surface area contributed by atoms with Crippen molar-refractivity contribution in [2.24, 2.45) is 10.8 Å². The predicted octanol–water partition coefficient (Wildman–Crippen LogP) is 3.69. The Balaban J connectivity index is 1.24. The molecular formula is C30H28F2N4O2. The van der Waals surface area contributed by atoms with Crippen molar-refractivity contribution in [1.29, 1.82) is 0 Å². The number of dihydropyridines is 1. The van der Waals surface area contributed by atoms with Gasteiger partial charge in [0.25, 0.3) is 0 Å². The molecule has 38 heavy (non-hydrogen) atoms. The number of halogens is 2. The molecule has 1 fully saturated rings. The van der Waals surface area contributed by atoms with Gasteiger partial charge < -0.3 is 15.5 Å². The molecule has 0 unspecified atom stereocenters. The molecule has 0 bridgehead atoms. The average Bonchev–Trinajstić information content (AvgIpc) is 3.38. The van der Waals surface area contributed by atoms with Gasteiger partial charge >= 0.3 is 0 Å². The van der Waals surface area contributed by atoms with Gasteiger partial charge in [-0.1, -0.05) is 37.8 Å². The van der Waals surface area contributed by atoms with Gasteiger partial charge in [0.2, 0.25) is 11.8 Å². The number of rotatable bonds is 2. The lowest BCUT2D eigenvalue weighted by Crippen LogP contribution is -2.47. The van der Waals surface area contributed by atoms with Crippen molar-refractivity contribution in [2.45, 2.75) is 45.6 Å². The zero-order valence-electron chi connectivity index (χ0n) is 21.3. The molecule has 3 aliphatic heterocycles. The Morgan fingerprint density at radius 3 is 2.71 bits per heavy atom. The number of likely N-dealkylation sites (tertiary alicyclic amines) is 1. The minimum absolute atomic E-state index is 0.0155. The summed E-state index contributed by atoms with van der Waals surface area (Å²) in [6.45, 7) is 4.58. The molecule has 1 aliphatic carbocycles. The van der Waals surface area contributed by atoms with Crippen molar-refractivity contribution in [1.82, 2.24) is 20.5 Å². The van der Waals surface area contributed by atoms with Gasteiger partial charge in [-0.15, -0.1) is 0 Å². The van der Waals surface area contributed by atoms with Crippen molar-refractivity contribution in [3.63, 3.8) is 0 Å². The summed E-state index contributed by atoms with van der Waals surface area (Å²) in [6, 6.07) is 4.93. The second-order valence-electron chi connectivity index (χ2n) is 11.2. The van der Waals surface area contributed by atoms with Gasteiger partial charge in [0.05, 0.1) is 18.0 Å². The summed E-state index contributed by atoms with van der Waals surface area (Å²) in [7, 11) is 0. The van der Waals surface area contributed by atoms with E-state index in [2.05, 4.69) is 27.5 Å². The van der Waals surface area contributed by atoms with E-state index < -0.39 is 28.5 Å². The summed E-state index contributed by atoms with van der Waals surface area (Å²) in [5.41, 5.74) is 2.76. The fourth-order valence-corrected chi connectivity index (χ4v) is 6.14. The van der Waals surface area contributed by atoms with Crippen molar-refractivity contribution in [3.05, 3.63) is 88.0 Å². The van der Waals surface area contributed by atoms with E-state index in [1.54, 1.807) is 11.1 Å². The van der Waals surface area contributed by atoms with Crippen LogP contribution >= 0.6 is 0 Å². The third-order valence-electron chi connectivity index (χ3n) is 8.17. The third-order valence-corrected chi connectivity index (χ3v) is 8.17. The zero-order valence-corrected chi connectivity index (χ0v) is 21.3. The molecule has 1 saturated heterocycles. The second kappa shape index (κ2) is 8.80. The summed E-state index contributed by atoms with van der Waals surface area (Å²) < 4.78 is 27.9. The summed E-state index contributed by atoms with van der Waals surface area (Å²) in [5.74, 6) is 5.56. The van der Waals surface area contributed by atoms with Crippen molar-refractivity contribution in [2.75, 3.05) is 13.1 Å². The van der Waals surface area contributed by atoms with E-state index in [9.17, 15) is 18.4 Å². The SMILES string of the molecule is CC1(C)CC[C@@H](c2cc(F)cc(F)c2)N(CC#Cc2cnc3c(c2)C[C@@]2(C3)C(=O)NC3=C2C=CCN3)C1=O. The van der Waals surface area contributed by atoms with E-state index in [1.165, 1.54) is 12.1 Å². The second-order valence-corrected chi connectivity index (χ2v) is 11.2. The van der Waals surface area contributed by atoms with Gasteiger partial charge in [-0.3, -0.25) is 14.6 Å². The molecule has 2 aromatic rings. The van der Waals surface area contributed by atoms with Crippen LogP contribution in [-0.4, -0.2) is 34.8 Å². The minimum Gasteiger partial charge on any atom is -0.368 e. The molecular weight excluding hydrogens is 486 g/mol. The molecule has 1 aromatic heterocycles. The van der Waals surface area contributed by atoms with Crippen LogP contribution in [0.25, 0.3) is 0 Å². The highest BCUT2D eigenvalue weighted by Crippen LogP contribution is 2.47. The Bertz CT molecular complexity index is 1480. The van der Waals surface area contributed by atoms with E-state index in [-0.39, 0.29) is 18.4 Å². The van der Waals surface area contributed by atoms with Crippen LogP contribution in [0.4, 0.5) is 8.78 Å². The van der Waals surface area contributed by atoms with Crippen molar-refractivity contribution in [3.8, 4) is 11.8 Å².